The Kier molecular flexibility index (Phi) is 6.68. The van der Waals surface area contributed by atoms with E-state index in [4.69, 9.17) is 4.52 Å². The molecular formula is C20H30N6O. The maximum Gasteiger partial charge on any atom is 0.223 e. The average molecular weight is 371 g/mol. The minimum atomic E-state index is 0.401. The van der Waals surface area contributed by atoms with Gasteiger partial charge in [0.05, 0.1) is 0 Å². The zero-order valence-corrected chi connectivity index (χ0v) is 16.6. The van der Waals surface area contributed by atoms with Crippen molar-refractivity contribution in [2.75, 3.05) is 31.6 Å². The molecule has 0 aliphatic carbocycles. The first kappa shape index (κ1) is 19.2. The van der Waals surface area contributed by atoms with Crippen molar-refractivity contribution >= 4 is 11.6 Å². The van der Waals surface area contributed by atoms with Gasteiger partial charge in [0.2, 0.25) is 5.89 Å². The Hall–Kier alpha value is -2.57. The number of aromatic nitrogens is 2. The first-order valence-corrected chi connectivity index (χ1v) is 9.78. The standard InChI is InChI=1S/C20H30N6O/c1-4-21-20(22-14-19-23-16(2)27-24-19)25(3)15-17-8-10-18(11-9-17)26-12-6-5-7-13-26/h8-11H,4-7,12-15H2,1-3H3,(H,21,22). The largest absolute Gasteiger partial charge is 0.372 e. The first-order chi connectivity index (χ1) is 13.2. The van der Waals surface area contributed by atoms with Crippen LogP contribution in [-0.2, 0) is 13.1 Å². The van der Waals surface area contributed by atoms with E-state index in [1.165, 1.54) is 43.6 Å². The van der Waals surface area contributed by atoms with Crippen molar-refractivity contribution in [2.24, 2.45) is 4.99 Å². The second kappa shape index (κ2) is 9.39. The van der Waals surface area contributed by atoms with E-state index in [0.29, 0.717) is 18.3 Å². The Morgan fingerprint density at radius 2 is 1.96 bits per heavy atom. The van der Waals surface area contributed by atoms with Gasteiger partial charge >= 0.3 is 0 Å². The van der Waals surface area contributed by atoms with Gasteiger partial charge in [-0.2, -0.15) is 4.98 Å². The van der Waals surface area contributed by atoms with Gasteiger partial charge in [0.1, 0.15) is 6.54 Å². The fourth-order valence-corrected chi connectivity index (χ4v) is 3.33. The molecule has 3 rings (SSSR count). The molecule has 2 heterocycles. The predicted molar refractivity (Wildman–Crippen MR) is 108 cm³/mol. The molecule has 7 heteroatoms. The van der Waals surface area contributed by atoms with Gasteiger partial charge in [0, 0.05) is 45.8 Å². The monoisotopic (exact) mass is 370 g/mol. The Bertz CT molecular complexity index is 733. The van der Waals surface area contributed by atoms with Gasteiger partial charge in [-0.15, -0.1) is 0 Å². The molecule has 0 bridgehead atoms. The minimum Gasteiger partial charge on any atom is -0.372 e. The van der Waals surface area contributed by atoms with Crippen LogP contribution in [0.4, 0.5) is 5.69 Å². The molecule has 2 aromatic rings. The minimum absolute atomic E-state index is 0.401. The van der Waals surface area contributed by atoms with Gasteiger partial charge in [-0.25, -0.2) is 4.99 Å². The molecule has 0 unspecified atom stereocenters. The summed E-state index contributed by atoms with van der Waals surface area (Å²) in [5.41, 5.74) is 2.59. The molecule has 0 amide bonds. The highest BCUT2D eigenvalue weighted by molar-refractivity contribution is 5.79. The topological polar surface area (TPSA) is 69.8 Å². The highest BCUT2D eigenvalue weighted by Gasteiger charge is 2.12. The molecule has 1 aromatic heterocycles. The van der Waals surface area contributed by atoms with Crippen LogP contribution in [0.15, 0.2) is 33.8 Å². The Balaban J connectivity index is 1.61. The van der Waals surface area contributed by atoms with E-state index in [-0.39, 0.29) is 0 Å². The number of nitrogens with one attached hydrogen (secondary N) is 1. The summed E-state index contributed by atoms with van der Waals surface area (Å²) in [7, 11) is 2.04. The van der Waals surface area contributed by atoms with Crippen molar-refractivity contribution in [3.8, 4) is 0 Å². The summed E-state index contributed by atoms with van der Waals surface area (Å²) >= 11 is 0. The Morgan fingerprint density at radius 1 is 1.22 bits per heavy atom. The number of anilines is 1. The second-order valence-corrected chi connectivity index (χ2v) is 6.97. The lowest BCUT2D eigenvalue weighted by Crippen LogP contribution is -2.38. The summed E-state index contributed by atoms with van der Waals surface area (Å²) < 4.78 is 5.01. The van der Waals surface area contributed by atoms with E-state index in [0.717, 1.165) is 19.0 Å². The molecule has 0 spiro atoms. The molecule has 0 atom stereocenters. The molecule has 7 nitrogen and oxygen atoms in total. The number of rotatable bonds is 6. The molecular weight excluding hydrogens is 340 g/mol. The fraction of sp³-hybridized carbons (Fsp3) is 0.550. The van der Waals surface area contributed by atoms with E-state index in [9.17, 15) is 0 Å². The molecule has 27 heavy (non-hydrogen) atoms. The predicted octanol–water partition coefficient (Wildman–Crippen LogP) is 2.97. The highest BCUT2D eigenvalue weighted by atomic mass is 16.5. The van der Waals surface area contributed by atoms with E-state index in [1.807, 2.05) is 7.05 Å². The number of piperidine rings is 1. The van der Waals surface area contributed by atoms with Crippen molar-refractivity contribution < 1.29 is 4.52 Å². The summed E-state index contributed by atoms with van der Waals surface area (Å²) in [6, 6.07) is 8.90. The van der Waals surface area contributed by atoms with Crippen molar-refractivity contribution in [2.45, 2.75) is 46.2 Å². The highest BCUT2D eigenvalue weighted by Crippen LogP contribution is 2.20. The summed E-state index contributed by atoms with van der Waals surface area (Å²) in [6.07, 6.45) is 3.95. The van der Waals surface area contributed by atoms with Crippen LogP contribution >= 0.6 is 0 Å². The van der Waals surface area contributed by atoms with Crippen LogP contribution in [0.1, 0.15) is 43.5 Å². The SMILES string of the molecule is CCNC(=NCc1noc(C)n1)N(C)Cc1ccc(N2CCCCC2)cc1. The van der Waals surface area contributed by atoms with Crippen molar-refractivity contribution in [3.05, 3.63) is 41.5 Å². The maximum absolute atomic E-state index is 5.01. The zero-order valence-electron chi connectivity index (χ0n) is 16.6. The third kappa shape index (κ3) is 5.45. The lowest BCUT2D eigenvalue weighted by atomic mass is 10.1. The van der Waals surface area contributed by atoms with E-state index in [2.05, 4.69) is 61.4 Å². The van der Waals surface area contributed by atoms with Crippen LogP contribution in [0.25, 0.3) is 0 Å². The number of aryl methyl sites for hydroxylation is 1. The van der Waals surface area contributed by atoms with Crippen molar-refractivity contribution in [3.63, 3.8) is 0 Å². The smallest absolute Gasteiger partial charge is 0.223 e. The first-order valence-electron chi connectivity index (χ1n) is 9.78. The van der Waals surface area contributed by atoms with E-state index in [1.54, 1.807) is 6.92 Å². The summed E-state index contributed by atoms with van der Waals surface area (Å²) in [5.74, 6) is 1.99. The quantitative estimate of drug-likeness (QED) is 0.623. The van der Waals surface area contributed by atoms with Crippen molar-refractivity contribution in [1.82, 2.24) is 20.4 Å². The van der Waals surface area contributed by atoms with Crippen LogP contribution in [0.2, 0.25) is 0 Å². The van der Waals surface area contributed by atoms with Crippen LogP contribution in [-0.4, -0.2) is 47.7 Å². The third-order valence-electron chi connectivity index (χ3n) is 4.71. The van der Waals surface area contributed by atoms with Gasteiger partial charge in [-0.3, -0.25) is 0 Å². The molecule has 1 fully saturated rings. The van der Waals surface area contributed by atoms with E-state index >= 15 is 0 Å². The van der Waals surface area contributed by atoms with Crippen molar-refractivity contribution in [1.29, 1.82) is 0 Å². The maximum atomic E-state index is 5.01. The second-order valence-electron chi connectivity index (χ2n) is 6.97. The van der Waals surface area contributed by atoms with Crippen LogP contribution in [0, 0.1) is 6.92 Å². The molecule has 146 valence electrons. The van der Waals surface area contributed by atoms with Gasteiger partial charge in [0.25, 0.3) is 0 Å². The number of nitrogens with zero attached hydrogens (tertiary/aromatic N) is 5. The van der Waals surface area contributed by atoms with Crippen LogP contribution in [0.5, 0.6) is 0 Å². The Labute approximate surface area is 161 Å². The van der Waals surface area contributed by atoms with Gasteiger partial charge in [0.15, 0.2) is 11.8 Å². The fourth-order valence-electron chi connectivity index (χ4n) is 3.33. The average Bonchev–Trinajstić information content (AvgIpc) is 3.11. The lowest BCUT2D eigenvalue weighted by molar-refractivity contribution is 0.387. The van der Waals surface area contributed by atoms with Gasteiger partial charge in [-0.1, -0.05) is 17.3 Å². The molecule has 1 N–H and O–H groups in total. The van der Waals surface area contributed by atoms with Crippen LogP contribution in [0.3, 0.4) is 0 Å². The molecule has 1 aliphatic rings. The van der Waals surface area contributed by atoms with Gasteiger partial charge in [-0.05, 0) is 43.9 Å². The summed E-state index contributed by atoms with van der Waals surface area (Å²) in [6.45, 7) is 8.19. The number of aliphatic imine (C=N–C) groups is 1. The molecule has 1 aliphatic heterocycles. The lowest BCUT2D eigenvalue weighted by Gasteiger charge is -2.29. The number of hydrogen-bond acceptors (Lipinski definition) is 5. The van der Waals surface area contributed by atoms with E-state index < -0.39 is 0 Å². The number of benzene rings is 1. The Morgan fingerprint density at radius 3 is 2.59 bits per heavy atom. The normalized spacial score (nSPS) is 15.1. The summed E-state index contributed by atoms with van der Waals surface area (Å²) in [4.78, 5) is 13.4. The molecule has 0 radical (unpaired) electrons. The number of guanidine groups is 1. The zero-order chi connectivity index (χ0) is 19.1. The molecule has 0 saturated carbocycles. The van der Waals surface area contributed by atoms with Crippen LogP contribution < -0.4 is 10.2 Å². The molecule has 1 aromatic carbocycles. The van der Waals surface area contributed by atoms with Gasteiger partial charge < -0.3 is 19.6 Å². The molecule has 1 saturated heterocycles. The third-order valence-corrected chi connectivity index (χ3v) is 4.71. The number of hydrogen-bond donors (Lipinski definition) is 1. The summed E-state index contributed by atoms with van der Waals surface area (Å²) in [5, 5.41) is 7.23.